The van der Waals surface area contributed by atoms with E-state index in [1.807, 2.05) is 45.0 Å². The maximum Gasteiger partial charge on any atom is 0.407 e. The number of carboxylic acid groups (broad SMARTS) is 1. The first kappa shape index (κ1) is 23.8. The van der Waals surface area contributed by atoms with Crippen LogP contribution < -0.4 is 5.32 Å². The molecule has 1 heterocycles. The Morgan fingerprint density at radius 3 is 2.15 bits per heavy atom. The molecule has 2 aromatic carbocycles. The Kier molecular flexibility index (Phi) is 6.91. The average Bonchev–Trinajstić information content (AvgIpc) is 3.35. The largest absolute Gasteiger partial charge is 0.481 e. The summed E-state index contributed by atoms with van der Waals surface area (Å²) in [6.07, 6.45) is -0.186. The van der Waals surface area contributed by atoms with Gasteiger partial charge in [-0.3, -0.25) is 9.59 Å². The maximum atomic E-state index is 13.2. The van der Waals surface area contributed by atoms with E-state index in [2.05, 4.69) is 29.6 Å². The van der Waals surface area contributed by atoms with Gasteiger partial charge in [0.2, 0.25) is 5.91 Å². The fourth-order valence-electron chi connectivity index (χ4n) is 5.16. The number of alkyl carbamates (subject to hydrolysis) is 1. The highest BCUT2D eigenvalue weighted by Crippen LogP contribution is 2.44. The third-order valence-electron chi connectivity index (χ3n) is 6.88. The summed E-state index contributed by atoms with van der Waals surface area (Å²) in [6.45, 7) is 6.50. The molecule has 7 nitrogen and oxygen atoms in total. The SMILES string of the molecule is CC(C)CC(NC(=O)OCC1c2ccccc2-c2ccccc21)C(=O)N1C[C@H](C(=O)O)[C@@H](C)C1. The summed E-state index contributed by atoms with van der Waals surface area (Å²) in [7, 11) is 0. The minimum Gasteiger partial charge on any atom is -0.481 e. The van der Waals surface area contributed by atoms with Gasteiger partial charge in [0.15, 0.2) is 0 Å². The number of nitrogens with zero attached hydrogens (tertiary/aromatic N) is 1. The highest BCUT2D eigenvalue weighted by Gasteiger charge is 2.39. The van der Waals surface area contributed by atoms with Crippen LogP contribution >= 0.6 is 0 Å². The normalized spacial score (nSPS) is 20.1. The van der Waals surface area contributed by atoms with Crippen LogP contribution in [0.1, 0.15) is 44.2 Å². The Balaban J connectivity index is 1.42. The summed E-state index contributed by atoms with van der Waals surface area (Å²) < 4.78 is 5.63. The van der Waals surface area contributed by atoms with E-state index in [1.54, 1.807) is 4.90 Å². The number of carbonyl (C=O) groups excluding carboxylic acids is 2. The fraction of sp³-hybridized carbons (Fsp3) is 0.444. The lowest BCUT2D eigenvalue weighted by atomic mass is 9.98. The zero-order valence-corrected chi connectivity index (χ0v) is 19.9. The molecule has 2 amide bonds. The van der Waals surface area contributed by atoms with E-state index < -0.39 is 24.0 Å². The van der Waals surface area contributed by atoms with Crippen LogP contribution in [0.2, 0.25) is 0 Å². The zero-order valence-electron chi connectivity index (χ0n) is 19.9. The van der Waals surface area contributed by atoms with E-state index in [1.165, 1.54) is 0 Å². The summed E-state index contributed by atoms with van der Waals surface area (Å²) in [6, 6.07) is 15.5. The second-order valence-electron chi connectivity index (χ2n) is 9.82. The van der Waals surface area contributed by atoms with E-state index in [4.69, 9.17) is 4.74 Å². The summed E-state index contributed by atoms with van der Waals surface area (Å²) in [5.41, 5.74) is 4.54. The van der Waals surface area contributed by atoms with Crippen molar-refractivity contribution in [1.29, 1.82) is 0 Å². The van der Waals surface area contributed by atoms with Crippen molar-refractivity contribution in [2.45, 2.75) is 39.2 Å². The molecule has 0 aromatic heterocycles. The number of carboxylic acids is 1. The number of likely N-dealkylation sites (tertiary alicyclic amines) is 1. The number of hydrogen-bond donors (Lipinski definition) is 2. The number of amides is 2. The number of benzene rings is 2. The third-order valence-corrected chi connectivity index (χ3v) is 6.88. The number of rotatable bonds is 7. The Labute approximate surface area is 200 Å². The highest BCUT2D eigenvalue weighted by atomic mass is 16.5. The summed E-state index contributed by atoms with van der Waals surface area (Å²) in [5, 5.41) is 12.2. The van der Waals surface area contributed by atoms with Crippen LogP contribution in [0.3, 0.4) is 0 Å². The van der Waals surface area contributed by atoms with E-state index in [9.17, 15) is 19.5 Å². The smallest absolute Gasteiger partial charge is 0.407 e. The number of nitrogens with one attached hydrogen (secondary N) is 1. The van der Waals surface area contributed by atoms with Gasteiger partial charge >= 0.3 is 12.1 Å². The van der Waals surface area contributed by atoms with E-state index in [-0.39, 0.29) is 36.8 Å². The molecule has 2 N–H and O–H groups in total. The molecular weight excluding hydrogens is 432 g/mol. The average molecular weight is 465 g/mol. The highest BCUT2D eigenvalue weighted by molar-refractivity contribution is 5.87. The van der Waals surface area contributed by atoms with Crippen LogP contribution in [0.25, 0.3) is 11.1 Å². The summed E-state index contributed by atoms with van der Waals surface area (Å²) >= 11 is 0. The number of ether oxygens (including phenoxy) is 1. The first-order valence-electron chi connectivity index (χ1n) is 11.9. The standard InChI is InChI=1S/C27H32N2O5/c1-16(2)12-24(25(30)29-13-17(3)22(14-29)26(31)32)28-27(33)34-15-23-20-10-6-4-8-18(20)19-9-5-7-11-21(19)23/h4-11,16-17,22-24H,12-15H2,1-3H3,(H,28,33)(H,31,32)/t17-,22-,24?/m0/s1. The molecule has 2 aliphatic rings. The van der Waals surface area contributed by atoms with Crippen molar-refractivity contribution < 1.29 is 24.2 Å². The van der Waals surface area contributed by atoms with Gasteiger partial charge in [-0.05, 0) is 40.5 Å². The Bertz CT molecular complexity index is 1040. The summed E-state index contributed by atoms with van der Waals surface area (Å²) in [5.74, 6) is -1.76. The molecular formula is C27H32N2O5. The van der Waals surface area contributed by atoms with Crippen molar-refractivity contribution in [1.82, 2.24) is 10.2 Å². The molecule has 0 bridgehead atoms. The lowest BCUT2D eigenvalue weighted by Gasteiger charge is -2.25. The number of hydrogen-bond acceptors (Lipinski definition) is 4. The second kappa shape index (κ2) is 9.87. The molecule has 7 heteroatoms. The minimum absolute atomic E-state index is 0.0619. The molecule has 1 aliphatic carbocycles. The number of fused-ring (bicyclic) bond motifs is 3. The van der Waals surface area contributed by atoms with Crippen LogP contribution in [-0.2, 0) is 14.3 Å². The molecule has 2 aromatic rings. The van der Waals surface area contributed by atoms with Gasteiger partial charge in [0.1, 0.15) is 12.6 Å². The molecule has 180 valence electrons. The molecule has 1 saturated heterocycles. The van der Waals surface area contributed by atoms with Gasteiger partial charge in [-0.15, -0.1) is 0 Å². The van der Waals surface area contributed by atoms with Crippen molar-refractivity contribution in [2.75, 3.05) is 19.7 Å². The van der Waals surface area contributed by atoms with Gasteiger partial charge in [-0.2, -0.15) is 0 Å². The van der Waals surface area contributed by atoms with E-state index >= 15 is 0 Å². The Hall–Kier alpha value is -3.35. The van der Waals surface area contributed by atoms with Crippen LogP contribution in [0.15, 0.2) is 48.5 Å². The predicted molar refractivity (Wildman–Crippen MR) is 128 cm³/mol. The topological polar surface area (TPSA) is 95.9 Å². The molecule has 1 unspecified atom stereocenters. The zero-order chi connectivity index (χ0) is 24.4. The van der Waals surface area contributed by atoms with E-state index in [0.717, 1.165) is 22.3 Å². The van der Waals surface area contributed by atoms with Crippen LogP contribution in [0.4, 0.5) is 4.79 Å². The lowest BCUT2D eigenvalue weighted by Crippen LogP contribution is -2.49. The van der Waals surface area contributed by atoms with Gasteiger partial charge in [-0.25, -0.2) is 4.79 Å². The molecule has 0 radical (unpaired) electrons. The quantitative estimate of drug-likeness (QED) is 0.643. The monoisotopic (exact) mass is 464 g/mol. The predicted octanol–water partition coefficient (Wildman–Crippen LogP) is 4.12. The minimum atomic E-state index is -0.896. The van der Waals surface area contributed by atoms with Gasteiger partial charge in [0.05, 0.1) is 5.92 Å². The van der Waals surface area contributed by atoms with Crippen LogP contribution in [0.5, 0.6) is 0 Å². The van der Waals surface area contributed by atoms with Gasteiger partial charge in [0.25, 0.3) is 0 Å². The summed E-state index contributed by atoms with van der Waals surface area (Å²) in [4.78, 5) is 39.0. The Morgan fingerprint density at radius 2 is 1.62 bits per heavy atom. The van der Waals surface area contributed by atoms with Gasteiger partial charge in [-0.1, -0.05) is 69.3 Å². The molecule has 0 saturated carbocycles. The van der Waals surface area contributed by atoms with Crippen LogP contribution in [0, 0.1) is 17.8 Å². The molecule has 34 heavy (non-hydrogen) atoms. The van der Waals surface area contributed by atoms with Crippen molar-refractivity contribution in [3.8, 4) is 11.1 Å². The number of aliphatic carboxylic acids is 1. The van der Waals surface area contributed by atoms with Gasteiger partial charge in [0, 0.05) is 19.0 Å². The maximum absolute atomic E-state index is 13.2. The Morgan fingerprint density at radius 1 is 1.03 bits per heavy atom. The third kappa shape index (κ3) is 4.79. The van der Waals surface area contributed by atoms with Crippen molar-refractivity contribution in [2.24, 2.45) is 17.8 Å². The molecule has 3 atom stereocenters. The fourth-order valence-corrected chi connectivity index (χ4v) is 5.16. The van der Waals surface area contributed by atoms with Crippen molar-refractivity contribution in [3.05, 3.63) is 59.7 Å². The lowest BCUT2D eigenvalue weighted by molar-refractivity contribution is -0.142. The van der Waals surface area contributed by atoms with E-state index in [0.29, 0.717) is 13.0 Å². The first-order chi connectivity index (χ1) is 16.3. The van der Waals surface area contributed by atoms with Crippen molar-refractivity contribution >= 4 is 18.0 Å². The van der Waals surface area contributed by atoms with Crippen molar-refractivity contribution in [3.63, 3.8) is 0 Å². The number of carbonyl (C=O) groups is 3. The molecule has 0 spiro atoms. The van der Waals surface area contributed by atoms with Gasteiger partial charge < -0.3 is 20.1 Å². The molecule has 1 aliphatic heterocycles. The molecule has 1 fully saturated rings. The molecule has 4 rings (SSSR count). The first-order valence-corrected chi connectivity index (χ1v) is 11.9. The second-order valence-corrected chi connectivity index (χ2v) is 9.82. The van der Waals surface area contributed by atoms with Crippen LogP contribution in [-0.4, -0.2) is 53.7 Å².